The van der Waals surface area contributed by atoms with Gasteiger partial charge in [-0.15, -0.1) is 0 Å². The molecule has 364 valence electrons. The van der Waals surface area contributed by atoms with Gasteiger partial charge in [-0.2, -0.15) is 0 Å². The van der Waals surface area contributed by atoms with Crippen molar-refractivity contribution in [3.8, 4) is 0 Å². The molecule has 11 atom stereocenters. The van der Waals surface area contributed by atoms with Crippen molar-refractivity contribution in [2.45, 2.75) is 182 Å². The van der Waals surface area contributed by atoms with Crippen molar-refractivity contribution in [3.05, 3.63) is 35.9 Å². The van der Waals surface area contributed by atoms with E-state index in [2.05, 4.69) is 114 Å². The number of hydrogen-bond acceptors (Lipinski definition) is 7. The molecule has 4 saturated carbocycles. The molecule has 0 aliphatic heterocycles. The van der Waals surface area contributed by atoms with Crippen LogP contribution in [0.25, 0.3) is 0 Å². The van der Waals surface area contributed by atoms with E-state index in [1.807, 2.05) is 37.2 Å². The second-order valence-electron chi connectivity index (χ2n) is 22.8. The molecule has 0 heterocycles. The quantitative estimate of drug-likeness (QED) is 0.0468. The number of halogens is 4. The molecule has 1 N–H and O–H groups in total. The number of carbonyl (C=O) groups excluding carboxylic acids is 2. The van der Waals surface area contributed by atoms with Crippen molar-refractivity contribution in [2.75, 3.05) is 26.2 Å². The fourth-order valence-corrected chi connectivity index (χ4v) is 22.1. The van der Waals surface area contributed by atoms with Crippen LogP contribution in [-0.2, 0) is 9.16 Å². The molecule has 5 rings (SSSR count). The number of unbranched alkanes of at least 4 members (excludes halogenated alkanes) is 1. The maximum atomic E-state index is 14.1. The second kappa shape index (κ2) is 24.6. The Labute approximate surface area is 433 Å². The molecule has 15 heteroatoms. The Morgan fingerprint density at radius 2 is 1.55 bits per heavy atom. The first-order valence-corrected chi connectivity index (χ1v) is 42.2. The van der Waals surface area contributed by atoms with Gasteiger partial charge in [0.1, 0.15) is 0 Å². The van der Waals surface area contributed by atoms with E-state index in [4.69, 9.17) is 17.0 Å². The van der Waals surface area contributed by atoms with Crippen LogP contribution in [0.2, 0.25) is 25.0 Å². The van der Waals surface area contributed by atoms with Crippen molar-refractivity contribution >= 4 is 72.2 Å². The number of amides is 1. The predicted octanol–water partition coefficient (Wildman–Crippen LogP) is 6.50. The minimum atomic E-state index is -1.87. The first kappa shape index (κ1) is 56.2. The summed E-state index contributed by atoms with van der Waals surface area (Å²) in [6.45, 7) is 29.8. The Morgan fingerprint density at radius 1 is 0.906 bits per heavy atom. The van der Waals surface area contributed by atoms with E-state index in [0.717, 1.165) is 51.7 Å². The first-order chi connectivity index (χ1) is 30.1. The van der Waals surface area contributed by atoms with Crippen LogP contribution in [0, 0.1) is 52.3 Å². The summed E-state index contributed by atoms with van der Waals surface area (Å²) in [4.78, 5) is 27.9. The minimum absolute atomic E-state index is 0.0485. The van der Waals surface area contributed by atoms with E-state index < -0.39 is 15.4 Å². The summed E-state index contributed by atoms with van der Waals surface area (Å²) in [6.07, 6.45) is 15.3. The molecule has 0 aromatic heterocycles. The summed E-state index contributed by atoms with van der Waals surface area (Å²) >= 11 is 4.44. The molecular formula is C49H83B2I4N3O5Si-2. The molecule has 5 unspecified atom stereocenters. The fourth-order valence-electron chi connectivity index (χ4n) is 12.9. The van der Waals surface area contributed by atoms with Crippen LogP contribution in [0.15, 0.2) is 30.3 Å². The standard InChI is InChI=1S/C49H83B2I4N3O5Si/c1-34(2)42(63-64(10,11)47(4,5)6)23-20-35(3)39-21-22-40-44-41(25-27-49(39,40)8)48(7)26-24-38(32-37(48)33-43(44)62-45(59)36-18-13-12-14-19-36)57(54-52)31-17-29-56(51(9)61)28-15-16-30-58(55-53)46(50)60/h12-14,18-19,34-35,37-44,61H,15-17,20-33H2,1-11H3/q-2/t35-,37?,38+,39+,40?,41?,42?,43-,44?,48-,49+/m0/s1. The van der Waals surface area contributed by atoms with Crippen LogP contribution in [0.5, 0.6) is 0 Å². The molecule has 4 aliphatic rings. The van der Waals surface area contributed by atoms with Gasteiger partial charge in [-0.3, -0.25) is 0 Å². The monoisotopic (exact) mass is 1350 g/mol. The molecule has 4 fully saturated rings. The molecule has 0 bridgehead atoms. The van der Waals surface area contributed by atoms with Crippen molar-refractivity contribution < 1.29 is 58.8 Å². The SMILES string of the molecule is [B]C(=O)N(CCCCN(CCCN([I-]I)[C@@H]1CC[C@@]2(C)C(C1)C[C@H](OC(=O)c1ccccc1)C1C2CC[C@@]2(C)C1CC[C@@H]2[C@@H](C)CCC(O[Si](C)(C)C(C)(C)C)C(C)C)B(C)O)[I-]I. The third-order valence-corrected chi connectivity index (χ3v) is 31.5. The Balaban J connectivity index is 1.28. The zero-order chi connectivity index (χ0) is 47.2. The number of benzene rings is 1. The van der Waals surface area contributed by atoms with Crippen LogP contribution in [-0.4, -0.2) is 95.5 Å². The maximum absolute atomic E-state index is 14.1. The number of rotatable bonds is 22. The third kappa shape index (κ3) is 13.6. The van der Waals surface area contributed by atoms with Crippen LogP contribution < -0.4 is 35.0 Å². The average Bonchev–Trinajstić information content (AvgIpc) is 3.59. The normalized spacial score (nSPS) is 30.5. The molecule has 64 heavy (non-hydrogen) atoms. The zero-order valence-electron chi connectivity index (χ0n) is 41.3. The number of nitrogens with zero attached hydrogens (tertiary/aromatic N) is 3. The Hall–Kier alpha value is 1.27. The summed E-state index contributed by atoms with van der Waals surface area (Å²) in [5, 5.41) is 10.9. The van der Waals surface area contributed by atoms with Gasteiger partial charge in [-0.05, 0) is 30.5 Å². The van der Waals surface area contributed by atoms with Gasteiger partial charge in [0.05, 0.1) is 0 Å². The molecule has 0 spiro atoms. The summed E-state index contributed by atoms with van der Waals surface area (Å²) in [5.41, 5.74) is 1.19. The molecule has 8 nitrogen and oxygen atoms in total. The van der Waals surface area contributed by atoms with Crippen LogP contribution >= 0.6 is 37.2 Å². The number of carbonyl (C=O) groups is 2. The first-order valence-electron chi connectivity index (χ1n) is 24.8. The van der Waals surface area contributed by atoms with Gasteiger partial charge < -0.3 is 4.43 Å². The van der Waals surface area contributed by atoms with E-state index >= 15 is 0 Å². The summed E-state index contributed by atoms with van der Waals surface area (Å²) < 4.78 is 18.5. The van der Waals surface area contributed by atoms with Crippen LogP contribution in [0.1, 0.15) is 149 Å². The van der Waals surface area contributed by atoms with Crippen molar-refractivity contribution in [1.29, 1.82) is 0 Å². The van der Waals surface area contributed by atoms with Crippen molar-refractivity contribution in [1.82, 2.24) is 11.0 Å². The molecule has 1 aromatic rings. The zero-order valence-corrected chi connectivity index (χ0v) is 50.9. The van der Waals surface area contributed by atoms with E-state index in [9.17, 15) is 14.6 Å². The fraction of sp³-hybridized carbons (Fsp3) is 0.837. The number of hydrogen-bond donors (Lipinski definition) is 1. The Bertz CT molecular complexity index is 1650. The van der Waals surface area contributed by atoms with Gasteiger partial charge in [0, 0.05) is 6.10 Å². The van der Waals surface area contributed by atoms with Gasteiger partial charge in [-0.25, -0.2) is 0 Å². The number of esters is 1. The van der Waals surface area contributed by atoms with Crippen molar-refractivity contribution in [3.63, 3.8) is 0 Å². The average molecular weight is 1350 g/mol. The number of fused-ring (bicyclic) bond motifs is 5. The van der Waals surface area contributed by atoms with E-state index in [1.54, 1.807) is 3.11 Å². The molecule has 2 radical (unpaired) electrons. The molecule has 0 saturated heterocycles. The van der Waals surface area contributed by atoms with Gasteiger partial charge in [0.15, 0.2) is 8.32 Å². The molecule has 1 amide bonds. The number of ether oxygens (including phenoxy) is 1. The van der Waals surface area contributed by atoms with Gasteiger partial charge in [0.2, 0.25) is 0 Å². The topological polar surface area (TPSA) is 82.6 Å². The summed E-state index contributed by atoms with van der Waals surface area (Å²) in [6, 6.07) is 10.3. The van der Waals surface area contributed by atoms with E-state index in [0.29, 0.717) is 65.7 Å². The van der Waals surface area contributed by atoms with Gasteiger partial charge in [0.25, 0.3) is 0 Å². The predicted molar refractivity (Wildman–Crippen MR) is 277 cm³/mol. The Kier molecular flexibility index (Phi) is 21.6. The Morgan fingerprint density at radius 3 is 2.16 bits per heavy atom. The van der Waals surface area contributed by atoms with Gasteiger partial charge in [-0.1, -0.05) is 34.6 Å². The van der Waals surface area contributed by atoms with E-state index in [-0.39, 0.29) is 68.8 Å². The van der Waals surface area contributed by atoms with Crippen molar-refractivity contribution in [2.24, 2.45) is 52.3 Å². The van der Waals surface area contributed by atoms with Crippen LogP contribution in [0.3, 0.4) is 0 Å². The van der Waals surface area contributed by atoms with E-state index in [1.165, 1.54) is 51.4 Å². The third-order valence-electron chi connectivity index (χ3n) is 17.8. The van der Waals surface area contributed by atoms with Crippen LogP contribution in [0.4, 0.5) is 4.79 Å². The molecular weight excluding hydrogens is 1270 g/mol. The summed E-state index contributed by atoms with van der Waals surface area (Å²) in [5.74, 6) is 3.47. The second-order valence-corrected chi connectivity index (χ2v) is 35.6. The molecule has 4 aliphatic carbocycles. The molecule has 1 aromatic carbocycles. The van der Waals surface area contributed by atoms with Gasteiger partial charge >= 0.3 is 355 Å². The summed E-state index contributed by atoms with van der Waals surface area (Å²) in [7, 11) is 3.18.